The van der Waals surface area contributed by atoms with E-state index >= 15 is 0 Å². The minimum Gasteiger partial charge on any atom is -0.399 e. The molecule has 0 radical (unpaired) electrons. The molecule has 1 aliphatic carbocycles. The molecule has 1 aromatic rings. The molecule has 2 rings (SSSR count). The molecule has 3 nitrogen and oxygen atoms in total. The summed E-state index contributed by atoms with van der Waals surface area (Å²) < 4.78 is 10.9. The van der Waals surface area contributed by atoms with E-state index in [1.54, 1.807) is 6.26 Å². The van der Waals surface area contributed by atoms with Gasteiger partial charge in [-0.3, -0.25) is 4.21 Å². The standard InChI is InChI=1S/C13H20N2OS/c1-17(16)8-2-7-15-13-6-3-10-9-11(14)4-5-12(10)13/h4-5,9,13,15H,2-3,6-8,14H2,1H3. The molecule has 4 heteroatoms. The number of aryl methyl sites for hydroxylation is 1. The first-order valence-corrected chi connectivity index (χ1v) is 7.81. The Labute approximate surface area is 105 Å². The van der Waals surface area contributed by atoms with Gasteiger partial charge in [0.25, 0.3) is 0 Å². The number of benzene rings is 1. The van der Waals surface area contributed by atoms with Crippen molar-refractivity contribution in [3.8, 4) is 0 Å². The fraction of sp³-hybridized carbons (Fsp3) is 0.538. The van der Waals surface area contributed by atoms with E-state index in [1.165, 1.54) is 11.1 Å². The topological polar surface area (TPSA) is 55.1 Å². The summed E-state index contributed by atoms with van der Waals surface area (Å²) in [5.41, 5.74) is 9.39. The molecule has 1 aliphatic rings. The highest BCUT2D eigenvalue weighted by Crippen LogP contribution is 2.32. The first-order valence-electron chi connectivity index (χ1n) is 6.08. The van der Waals surface area contributed by atoms with Crippen LogP contribution < -0.4 is 11.1 Å². The van der Waals surface area contributed by atoms with Crippen molar-refractivity contribution in [3.63, 3.8) is 0 Å². The van der Waals surface area contributed by atoms with Gasteiger partial charge in [0, 0.05) is 34.5 Å². The van der Waals surface area contributed by atoms with Crippen LogP contribution in [0.3, 0.4) is 0 Å². The maximum absolute atomic E-state index is 10.9. The van der Waals surface area contributed by atoms with Crippen LogP contribution in [0.2, 0.25) is 0 Å². The second-order valence-corrected chi connectivity index (χ2v) is 6.19. The van der Waals surface area contributed by atoms with Crippen molar-refractivity contribution in [2.24, 2.45) is 0 Å². The average Bonchev–Trinajstić information content (AvgIpc) is 2.66. The van der Waals surface area contributed by atoms with Gasteiger partial charge in [-0.05, 0) is 49.1 Å². The number of rotatable bonds is 5. The van der Waals surface area contributed by atoms with Crippen LogP contribution in [0.4, 0.5) is 5.69 Å². The highest BCUT2D eigenvalue weighted by Gasteiger charge is 2.21. The quantitative estimate of drug-likeness (QED) is 0.618. The second kappa shape index (κ2) is 5.65. The summed E-state index contributed by atoms with van der Waals surface area (Å²) in [5, 5.41) is 3.54. The Bertz CT molecular complexity index is 420. The predicted octanol–water partition coefficient (Wildman–Crippen LogP) is 1.61. The van der Waals surface area contributed by atoms with Crippen molar-refractivity contribution in [3.05, 3.63) is 29.3 Å². The molecule has 0 aromatic heterocycles. The van der Waals surface area contributed by atoms with Crippen molar-refractivity contribution in [1.29, 1.82) is 0 Å². The number of anilines is 1. The van der Waals surface area contributed by atoms with Gasteiger partial charge in [-0.15, -0.1) is 0 Å². The lowest BCUT2D eigenvalue weighted by atomic mass is 10.1. The SMILES string of the molecule is CS(=O)CCCNC1CCc2cc(N)ccc21. The first-order chi connectivity index (χ1) is 8.16. The van der Waals surface area contributed by atoms with E-state index in [-0.39, 0.29) is 0 Å². The molecule has 0 amide bonds. The lowest BCUT2D eigenvalue weighted by Gasteiger charge is -2.13. The second-order valence-electron chi connectivity index (χ2n) is 4.63. The molecule has 0 spiro atoms. The van der Waals surface area contributed by atoms with E-state index in [0.717, 1.165) is 37.2 Å². The van der Waals surface area contributed by atoms with Crippen molar-refractivity contribution in [2.75, 3.05) is 24.3 Å². The zero-order valence-corrected chi connectivity index (χ0v) is 11.1. The van der Waals surface area contributed by atoms with Gasteiger partial charge < -0.3 is 11.1 Å². The van der Waals surface area contributed by atoms with Gasteiger partial charge in [-0.2, -0.15) is 0 Å². The molecule has 0 saturated heterocycles. The minimum absolute atomic E-state index is 0.455. The van der Waals surface area contributed by atoms with Crippen LogP contribution in [0.25, 0.3) is 0 Å². The number of nitrogens with two attached hydrogens (primary N) is 1. The molecule has 0 heterocycles. The summed E-state index contributed by atoms with van der Waals surface area (Å²) in [6.07, 6.45) is 4.99. The summed E-state index contributed by atoms with van der Waals surface area (Å²) in [5.74, 6) is 0.786. The molecule has 2 atom stereocenters. The molecular weight excluding hydrogens is 232 g/mol. The molecule has 0 aliphatic heterocycles. The Kier molecular flexibility index (Phi) is 4.18. The van der Waals surface area contributed by atoms with Gasteiger partial charge in [-0.25, -0.2) is 0 Å². The Hall–Kier alpha value is -0.870. The minimum atomic E-state index is -0.673. The maximum atomic E-state index is 10.9. The summed E-state index contributed by atoms with van der Waals surface area (Å²) in [4.78, 5) is 0. The Morgan fingerprint density at radius 3 is 3.12 bits per heavy atom. The lowest BCUT2D eigenvalue weighted by Crippen LogP contribution is -2.21. The fourth-order valence-corrected chi connectivity index (χ4v) is 2.95. The highest BCUT2D eigenvalue weighted by molar-refractivity contribution is 7.84. The third-order valence-electron chi connectivity index (χ3n) is 3.24. The summed E-state index contributed by atoms with van der Waals surface area (Å²) in [6, 6.07) is 6.64. The number of nitrogen functional groups attached to an aromatic ring is 1. The van der Waals surface area contributed by atoms with Gasteiger partial charge in [0.2, 0.25) is 0 Å². The Balaban J connectivity index is 1.87. The molecule has 3 N–H and O–H groups in total. The van der Waals surface area contributed by atoms with Crippen LogP contribution in [-0.2, 0) is 17.2 Å². The Morgan fingerprint density at radius 2 is 2.35 bits per heavy atom. The van der Waals surface area contributed by atoms with Crippen molar-refractivity contribution in [2.45, 2.75) is 25.3 Å². The average molecular weight is 252 g/mol. The van der Waals surface area contributed by atoms with Crippen LogP contribution in [0.15, 0.2) is 18.2 Å². The smallest absolute Gasteiger partial charge is 0.0326 e. The monoisotopic (exact) mass is 252 g/mol. The van der Waals surface area contributed by atoms with Crippen LogP contribution in [0, 0.1) is 0 Å². The highest BCUT2D eigenvalue weighted by atomic mass is 32.2. The largest absolute Gasteiger partial charge is 0.399 e. The van der Waals surface area contributed by atoms with Crippen molar-refractivity contribution in [1.82, 2.24) is 5.32 Å². The van der Waals surface area contributed by atoms with Crippen LogP contribution in [0.1, 0.15) is 30.0 Å². The predicted molar refractivity (Wildman–Crippen MR) is 73.5 cm³/mol. The summed E-state index contributed by atoms with van der Waals surface area (Å²) in [6.45, 7) is 0.939. The number of fused-ring (bicyclic) bond motifs is 1. The normalized spacial score (nSPS) is 20.2. The molecule has 0 saturated carbocycles. The fourth-order valence-electron chi connectivity index (χ4n) is 2.40. The summed E-state index contributed by atoms with van der Waals surface area (Å²) in [7, 11) is -0.673. The van der Waals surface area contributed by atoms with E-state index < -0.39 is 10.8 Å². The molecule has 2 unspecified atom stereocenters. The van der Waals surface area contributed by atoms with Crippen molar-refractivity contribution < 1.29 is 4.21 Å². The third kappa shape index (κ3) is 3.30. The van der Waals surface area contributed by atoms with Crippen LogP contribution >= 0.6 is 0 Å². The van der Waals surface area contributed by atoms with E-state index in [9.17, 15) is 4.21 Å². The van der Waals surface area contributed by atoms with Gasteiger partial charge in [0.1, 0.15) is 0 Å². The van der Waals surface area contributed by atoms with E-state index in [2.05, 4.69) is 17.4 Å². The van der Waals surface area contributed by atoms with Crippen LogP contribution in [0.5, 0.6) is 0 Å². The molecule has 0 fully saturated rings. The zero-order valence-electron chi connectivity index (χ0n) is 10.2. The number of hydrogen-bond acceptors (Lipinski definition) is 3. The van der Waals surface area contributed by atoms with Gasteiger partial charge >= 0.3 is 0 Å². The third-order valence-corrected chi connectivity index (χ3v) is 4.11. The van der Waals surface area contributed by atoms with E-state index in [0.29, 0.717) is 6.04 Å². The number of nitrogens with one attached hydrogen (secondary N) is 1. The first kappa shape index (κ1) is 12.6. The van der Waals surface area contributed by atoms with Gasteiger partial charge in [-0.1, -0.05) is 6.07 Å². The molecule has 0 bridgehead atoms. The van der Waals surface area contributed by atoms with Crippen LogP contribution in [-0.4, -0.2) is 22.8 Å². The molecule has 94 valence electrons. The zero-order chi connectivity index (χ0) is 12.3. The molecule has 17 heavy (non-hydrogen) atoms. The van der Waals surface area contributed by atoms with E-state index in [4.69, 9.17) is 5.73 Å². The molecule has 1 aromatic carbocycles. The maximum Gasteiger partial charge on any atom is 0.0326 e. The van der Waals surface area contributed by atoms with Gasteiger partial charge in [0.15, 0.2) is 0 Å². The van der Waals surface area contributed by atoms with Crippen molar-refractivity contribution >= 4 is 16.5 Å². The van der Waals surface area contributed by atoms with Gasteiger partial charge in [0.05, 0.1) is 0 Å². The summed E-state index contributed by atoms with van der Waals surface area (Å²) >= 11 is 0. The van der Waals surface area contributed by atoms with E-state index in [1.807, 2.05) is 6.07 Å². The molecular formula is C13H20N2OS. The number of hydrogen-bond donors (Lipinski definition) is 2. The Morgan fingerprint density at radius 1 is 1.53 bits per heavy atom. The lowest BCUT2D eigenvalue weighted by molar-refractivity contribution is 0.529.